The molecule has 9 heteroatoms. The molecule has 2 aromatic rings. The minimum atomic E-state index is -4.63. The highest BCUT2D eigenvalue weighted by atomic mass is 19.4. The quantitative estimate of drug-likeness (QED) is 0.740. The number of alkyl halides is 3. The van der Waals surface area contributed by atoms with Gasteiger partial charge in [-0.2, -0.15) is 18.2 Å². The second kappa shape index (κ2) is 7.62. The lowest BCUT2D eigenvalue weighted by molar-refractivity contribution is -0.141. The fourth-order valence-electron chi connectivity index (χ4n) is 1.91. The van der Waals surface area contributed by atoms with E-state index in [0.29, 0.717) is 12.0 Å². The third-order valence-electron chi connectivity index (χ3n) is 3.46. The van der Waals surface area contributed by atoms with E-state index < -0.39 is 23.5 Å². The molecule has 4 nitrogen and oxygen atoms in total. The summed E-state index contributed by atoms with van der Waals surface area (Å²) in [6.45, 7) is 3.64. The average Bonchev–Trinajstić information content (AvgIpc) is 2.55. The van der Waals surface area contributed by atoms with Crippen LogP contribution in [0.25, 0.3) is 0 Å². The zero-order valence-corrected chi connectivity index (χ0v) is 13.6. The standard InChI is InChI=1S/C16H17F5N4/c1-3-9(2)23-15-24-13(16(19,20)21)7-14(25-15)22-8-10-4-5-11(17)12(18)6-10/h4-7,9H,3,8H2,1-2H3,(H2,22,23,24,25)/t9-/m0/s1. The van der Waals surface area contributed by atoms with Gasteiger partial charge < -0.3 is 10.6 Å². The molecular weight excluding hydrogens is 343 g/mol. The first-order chi connectivity index (χ1) is 11.7. The number of nitrogens with one attached hydrogen (secondary N) is 2. The molecule has 0 saturated carbocycles. The fourth-order valence-corrected chi connectivity index (χ4v) is 1.91. The van der Waals surface area contributed by atoms with Crippen molar-refractivity contribution in [2.45, 2.75) is 39.0 Å². The number of nitrogens with zero attached hydrogens (tertiary/aromatic N) is 2. The molecule has 0 saturated heterocycles. The van der Waals surface area contributed by atoms with E-state index in [1.54, 1.807) is 6.92 Å². The van der Waals surface area contributed by atoms with E-state index in [1.807, 2.05) is 6.92 Å². The van der Waals surface area contributed by atoms with Crippen LogP contribution in [0.5, 0.6) is 0 Å². The van der Waals surface area contributed by atoms with Crippen LogP contribution in [-0.2, 0) is 12.7 Å². The second-order valence-corrected chi connectivity index (χ2v) is 5.52. The maximum absolute atomic E-state index is 13.2. The number of hydrogen-bond acceptors (Lipinski definition) is 4. The van der Waals surface area contributed by atoms with Crippen LogP contribution in [0.1, 0.15) is 31.5 Å². The zero-order chi connectivity index (χ0) is 18.6. The summed E-state index contributed by atoms with van der Waals surface area (Å²) in [5.41, 5.74) is -0.733. The molecule has 0 aliphatic carbocycles. The van der Waals surface area contributed by atoms with Crippen molar-refractivity contribution in [2.75, 3.05) is 10.6 Å². The van der Waals surface area contributed by atoms with Crippen molar-refractivity contribution in [1.29, 1.82) is 0 Å². The predicted octanol–water partition coefficient (Wildman–Crippen LogP) is 4.60. The Morgan fingerprint density at radius 3 is 2.40 bits per heavy atom. The SMILES string of the molecule is CC[C@H](C)Nc1nc(NCc2ccc(F)c(F)c2)cc(C(F)(F)F)n1. The highest BCUT2D eigenvalue weighted by Crippen LogP contribution is 2.30. The number of aromatic nitrogens is 2. The molecular formula is C16H17F5N4. The van der Waals surface area contributed by atoms with Crippen molar-refractivity contribution in [2.24, 2.45) is 0 Å². The fraction of sp³-hybridized carbons (Fsp3) is 0.375. The van der Waals surface area contributed by atoms with E-state index in [1.165, 1.54) is 6.07 Å². The van der Waals surface area contributed by atoms with Crippen molar-refractivity contribution < 1.29 is 22.0 Å². The summed E-state index contributed by atoms with van der Waals surface area (Å²) in [6, 6.07) is 3.90. The van der Waals surface area contributed by atoms with Crippen molar-refractivity contribution >= 4 is 11.8 Å². The average molecular weight is 360 g/mol. The van der Waals surface area contributed by atoms with Gasteiger partial charge >= 0.3 is 6.18 Å². The molecule has 0 radical (unpaired) electrons. The van der Waals surface area contributed by atoms with Gasteiger partial charge in [0.15, 0.2) is 17.3 Å². The summed E-state index contributed by atoms with van der Waals surface area (Å²) in [6.07, 6.45) is -3.95. The molecule has 1 heterocycles. The lowest BCUT2D eigenvalue weighted by Crippen LogP contribution is -2.19. The maximum atomic E-state index is 13.2. The number of anilines is 2. The summed E-state index contributed by atoms with van der Waals surface area (Å²) in [4.78, 5) is 7.47. The smallest absolute Gasteiger partial charge is 0.366 e. The van der Waals surface area contributed by atoms with Gasteiger partial charge in [0.25, 0.3) is 0 Å². The van der Waals surface area contributed by atoms with Gasteiger partial charge in [-0.15, -0.1) is 0 Å². The Kier molecular flexibility index (Phi) is 5.76. The number of benzene rings is 1. The van der Waals surface area contributed by atoms with E-state index in [4.69, 9.17) is 0 Å². The van der Waals surface area contributed by atoms with Crippen LogP contribution in [-0.4, -0.2) is 16.0 Å². The summed E-state index contributed by atoms with van der Waals surface area (Å²) in [7, 11) is 0. The minimum Gasteiger partial charge on any atom is -0.366 e. The van der Waals surface area contributed by atoms with Crippen LogP contribution in [0.15, 0.2) is 24.3 Å². The van der Waals surface area contributed by atoms with Crippen molar-refractivity contribution in [3.05, 3.63) is 47.2 Å². The summed E-state index contributed by atoms with van der Waals surface area (Å²) in [5.74, 6) is -2.25. The molecule has 2 rings (SSSR count). The molecule has 2 N–H and O–H groups in total. The highest BCUT2D eigenvalue weighted by molar-refractivity contribution is 5.44. The van der Waals surface area contributed by atoms with Crippen LogP contribution in [0.3, 0.4) is 0 Å². The van der Waals surface area contributed by atoms with Gasteiger partial charge in [0.1, 0.15) is 5.82 Å². The highest BCUT2D eigenvalue weighted by Gasteiger charge is 2.33. The second-order valence-electron chi connectivity index (χ2n) is 5.52. The molecule has 1 atom stereocenters. The third-order valence-corrected chi connectivity index (χ3v) is 3.46. The summed E-state index contributed by atoms with van der Waals surface area (Å²) >= 11 is 0. The Hall–Kier alpha value is -2.45. The summed E-state index contributed by atoms with van der Waals surface area (Å²) < 4.78 is 65.1. The molecule has 0 aliphatic rings. The molecule has 0 spiro atoms. The van der Waals surface area contributed by atoms with Crippen LogP contribution >= 0.6 is 0 Å². The topological polar surface area (TPSA) is 49.8 Å². The molecule has 25 heavy (non-hydrogen) atoms. The summed E-state index contributed by atoms with van der Waals surface area (Å²) in [5, 5.41) is 5.46. The Morgan fingerprint density at radius 2 is 1.80 bits per heavy atom. The van der Waals surface area contributed by atoms with Crippen molar-refractivity contribution in [3.8, 4) is 0 Å². The van der Waals surface area contributed by atoms with Crippen LogP contribution in [0, 0.1) is 11.6 Å². The maximum Gasteiger partial charge on any atom is 0.433 e. The normalized spacial score (nSPS) is 12.8. The molecule has 0 aliphatic heterocycles. The van der Waals surface area contributed by atoms with Crippen LogP contribution in [0.2, 0.25) is 0 Å². The molecule has 1 aromatic carbocycles. The monoisotopic (exact) mass is 360 g/mol. The van der Waals surface area contributed by atoms with Crippen molar-refractivity contribution in [1.82, 2.24) is 9.97 Å². The Morgan fingerprint density at radius 1 is 1.08 bits per heavy atom. The van der Waals surface area contributed by atoms with Gasteiger partial charge in [0, 0.05) is 18.7 Å². The molecule has 0 unspecified atom stereocenters. The Labute approximate surface area is 141 Å². The lowest BCUT2D eigenvalue weighted by atomic mass is 10.2. The van der Waals surface area contributed by atoms with Crippen LogP contribution < -0.4 is 10.6 Å². The Bertz CT molecular complexity index is 733. The predicted molar refractivity (Wildman–Crippen MR) is 84.1 cm³/mol. The number of halogens is 5. The van der Waals surface area contributed by atoms with Crippen LogP contribution in [0.4, 0.5) is 33.7 Å². The van der Waals surface area contributed by atoms with E-state index in [9.17, 15) is 22.0 Å². The van der Waals surface area contributed by atoms with Gasteiger partial charge in [-0.1, -0.05) is 13.0 Å². The zero-order valence-electron chi connectivity index (χ0n) is 13.6. The molecule has 136 valence electrons. The third kappa shape index (κ3) is 5.27. The molecule has 0 bridgehead atoms. The Balaban J connectivity index is 2.22. The van der Waals surface area contributed by atoms with E-state index in [-0.39, 0.29) is 24.4 Å². The first-order valence-electron chi connectivity index (χ1n) is 7.59. The van der Waals surface area contributed by atoms with Gasteiger partial charge in [0.2, 0.25) is 5.95 Å². The molecule has 0 fully saturated rings. The largest absolute Gasteiger partial charge is 0.433 e. The molecule has 0 amide bonds. The number of rotatable bonds is 6. The molecule has 1 aromatic heterocycles. The number of hydrogen-bond donors (Lipinski definition) is 2. The van der Waals surface area contributed by atoms with Gasteiger partial charge in [-0.3, -0.25) is 0 Å². The van der Waals surface area contributed by atoms with E-state index in [0.717, 1.165) is 18.2 Å². The first kappa shape index (κ1) is 18.9. The van der Waals surface area contributed by atoms with E-state index in [2.05, 4.69) is 20.6 Å². The van der Waals surface area contributed by atoms with Gasteiger partial charge in [-0.25, -0.2) is 13.8 Å². The van der Waals surface area contributed by atoms with Crippen molar-refractivity contribution in [3.63, 3.8) is 0 Å². The van der Waals surface area contributed by atoms with Gasteiger partial charge in [-0.05, 0) is 31.0 Å². The first-order valence-corrected chi connectivity index (χ1v) is 7.59. The van der Waals surface area contributed by atoms with Gasteiger partial charge in [0.05, 0.1) is 0 Å². The van der Waals surface area contributed by atoms with E-state index >= 15 is 0 Å². The lowest BCUT2D eigenvalue weighted by Gasteiger charge is -2.15. The minimum absolute atomic E-state index is 0.0196.